The highest BCUT2D eigenvalue weighted by Gasteiger charge is 2.22. The van der Waals surface area contributed by atoms with Gasteiger partial charge in [-0.25, -0.2) is 0 Å². The molecule has 2 heterocycles. The molecule has 2 aromatic heterocycles. The van der Waals surface area contributed by atoms with Crippen molar-refractivity contribution < 1.29 is 15.4 Å². The highest BCUT2D eigenvalue weighted by atomic mass is 16.3. The molecule has 0 spiro atoms. The van der Waals surface area contributed by atoms with Crippen LogP contribution >= 0.6 is 0 Å². The first-order chi connectivity index (χ1) is 32.6. The maximum absolute atomic E-state index is 10.2. The maximum atomic E-state index is 10.2. The van der Waals surface area contributed by atoms with E-state index < -0.39 is 24.2 Å². The topological polar surface area (TPSA) is 21.3 Å². The number of para-hydroxylation sites is 2. The molecule has 0 aliphatic rings. The molecule has 0 bridgehead atoms. The fraction of sp³-hybridized carbons (Fsp3) is 0. The van der Waals surface area contributed by atoms with Gasteiger partial charge in [0.15, 0.2) is 0 Å². The number of hydrogen-bond acceptors (Lipinski definition) is 2. The highest BCUT2D eigenvalue weighted by molar-refractivity contribution is 6.19. The van der Waals surface area contributed by atoms with Crippen molar-refractivity contribution in [1.82, 2.24) is 4.57 Å². The largest absolute Gasteiger partial charge is 0.455 e. The van der Waals surface area contributed by atoms with Gasteiger partial charge in [-0.2, -0.15) is 0 Å². The first-order valence-corrected chi connectivity index (χ1v) is 19.5. The number of benzene rings is 10. The normalized spacial score (nSPS) is 13.6. The maximum Gasteiger partial charge on any atom is 0.143 e. The number of nitrogens with zero attached hydrogens (tertiary/aromatic N) is 2. The molecule has 10 aromatic carbocycles. The fourth-order valence-electron chi connectivity index (χ4n) is 8.67. The summed E-state index contributed by atoms with van der Waals surface area (Å²) < 4.78 is 86.3. The molecule has 0 aliphatic carbocycles. The molecule has 0 saturated carbocycles. The van der Waals surface area contributed by atoms with E-state index in [4.69, 9.17) is 4.42 Å². The molecular weight excluding hydrogens is 717 g/mol. The van der Waals surface area contributed by atoms with Crippen LogP contribution in [0.15, 0.2) is 223 Å². The Morgan fingerprint density at radius 3 is 1.90 bits per heavy atom. The van der Waals surface area contributed by atoms with E-state index in [-0.39, 0.29) is 46.8 Å². The van der Waals surface area contributed by atoms with Crippen molar-refractivity contribution in [1.29, 1.82) is 0 Å². The SMILES string of the molecule is [2H]c1c([2H])c(N(c2c([2H])c([2H])c(-c3cccc(-c4cccc5ccccc45)c3)c([2H])c2[2H])c2cccc3oc4c5ccccc5ccc4c23)c([2H])c(-n2c3ccccc3c3ccccc32)c1[2H]. The molecule has 3 nitrogen and oxygen atoms in total. The molecule has 0 radical (unpaired) electrons. The number of fused-ring (bicyclic) bond motifs is 9. The summed E-state index contributed by atoms with van der Waals surface area (Å²) >= 11 is 0. The van der Waals surface area contributed by atoms with Gasteiger partial charge in [0.2, 0.25) is 0 Å². The molecule has 276 valence electrons. The second kappa shape index (κ2) is 13.4. The second-order valence-corrected chi connectivity index (χ2v) is 14.6. The third-order valence-electron chi connectivity index (χ3n) is 11.3. The van der Waals surface area contributed by atoms with Crippen molar-refractivity contribution in [2.45, 2.75) is 0 Å². The number of furan rings is 1. The first-order valence-electron chi connectivity index (χ1n) is 23.5. The molecule has 12 rings (SSSR count). The lowest BCUT2D eigenvalue weighted by Gasteiger charge is -2.27. The van der Waals surface area contributed by atoms with Crippen molar-refractivity contribution >= 4 is 82.4 Å². The number of aromatic nitrogens is 1. The Kier molecular flexibility index (Phi) is 5.92. The number of rotatable bonds is 6. The van der Waals surface area contributed by atoms with Crippen LogP contribution < -0.4 is 4.90 Å². The Hall–Kier alpha value is -7.88. The van der Waals surface area contributed by atoms with Crippen LogP contribution in [0, 0.1) is 0 Å². The zero-order valence-corrected chi connectivity index (χ0v) is 31.5. The smallest absolute Gasteiger partial charge is 0.143 e. The molecule has 59 heavy (non-hydrogen) atoms. The summed E-state index contributed by atoms with van der Waals surface area (Å²) in [6.07, 6.45) is 0. The second-order valence-electron chi connectivity index (χ2n) is 14.6. The van der Waals surface area contributed by atoms with Gasteiger partial charge in [-0.1, -0.05) is 152 Å². The summed E-state index contributed by atoms with van der Waals surface area (Å²) in [4.78, 5) is 1.42. The Bertz CT molecular complexity index is 3970. The lowest BCUT2D eigenvalue weighted by atomic mass is 9.95. The van der Waals surface area contributed by atoms with Crippen molar-refractivity contribution in [3.8, 4) is 27.9 Å². The van der Waals surface area contributed by atoms with Crippen LogP contribution in [-0.4, -0.2) is 4.57 Å². The van der Waals surface area contributed by atoms with Gasteiger partial charge in [0, 0.05) is 38.6 Å². The van der Waals surface area contributed by atoms with Crippen molar-refractivity contribution in [3.05, 3.63) is 218 Å². The first kappa shape index (κ1) is 26.1. The summed E-state index contributed by atoms with van der Waals surface area (Å²) in [5.41, 5.74) is 4.73. The van der Waals surface area contributed by atoms with Crippen molar-refractivity contribution in [2.75, 3.05) is 4.90 Å². The van der Waals surface area contributed by atoms with Crippen LogP contribution in [0.5, 0.6) is 0 Å². The van der Waals surface area contributed by atoms with Gasteiger partial charge in [0.1, 0.15) is 11.2 Å². The van der Waals surface area contributed by atoms with Gasteiger partial charge in [-0.3, -0.25) is 0 Å². The van der Waals surface area contributed by atoms with Gasteiger partial charge in [-0.05, 0) is 105 Å². The van der Waals surface area contributed by atoms with E-state index in [1.807, 2.05) is 152 Å². The van der Waals surface area contributed by atoms with E-state index in [0.717, 1.165) is 43.4 Å². The van der Waals surface area contributed by atoms with Gasteiger partial charge in [0.25, 0.3) is 0 Å². The molecule has 0 fully saturated rings. The van der Waals surface area contributed by atoms with Gasteiger partial charge >= 0.3 is 0 Å². The predicted octanol–water partition coefficient (Wildman–Crippen LogP) is 15.8. The monoisotopic (exact) mass is 760 g/mol. The summed E-state index contributed by atoms with van der Waals surface area (Å²) in [7, 11) is 0. The summed E-state index contributed by atoms with van der Waals surface area (Å²) in [6, 6.07) is 50.8. The minimum absolute atomic E-state index is 0.0331. The zero-order chi connectivity index (χ0) is 45.8. The van der Waals surface area contributed by atoms with Gasteiger partial charge < -0.3 is 13.9 Å². The average molecular weight is 761 g/mol. The molecule has 0 amide bonds. The van der Waals surface area contributed by atoms with Crippen LogP contribution in [-0.2, 0) is 0 Å². The summed E-state index contributed by atoms with van der Waals surface area (Å²) in [5, 5.41) is 6.89. The molecule has 3 heteroatoms. The van der Waals surface area contributed by atoms with Crippen LogP contribution in [0.3, 0.4) is 0 Å². The molecule has 0 unspecified atom stereocenters. The highest BCUT2D eigenvalue weighted by Crippen LogP contribution is 2.45. The average Bonchev–Trinajstić information content (AvgIpc) is 3.91. The Labute approximate surface area is 352 Å². The molecule has 0 aliphatic heterocycles. The van der Waals surface area contributed by atoms with E-state index in [1.165, 1.54) is 4.90 Å². The summed E-state index contributed by atoms with van der Waals surface area (Å²) in [5.74, 6) is 0. The Balaban J connectivity index is 1.17. The lowest BCUT2D eigenvalue weighted by Crippen LogP contribution is -2.11. The Morgan fingerprint density at radius 1 is 0.458 bits per heavy atom. The molecule has 0 saturated heterocycles. The van der Waals surface area contributed by atoms with Gasteiger partial charge in [0.05, 0.1) is 33.1 Å². The standard InChI is InChI=1S/C56H36N2O/c1-3-20-45-38(13-1)15-10-24-46(45)41-17-9-16-40(35-41)37-29-32-42(33-30-37)57(53-27-12-28-54-55(53)50-34-31-39-14-2-4-21-47(39)56(50)59-54)43-18-11-19-44(36-43)58-51-25-7-5-22-48(51)49-23-6-8-26-52(49)58/h1-36H/i11D,18D,19D,29D,30D,32D,33D,36D. The zero-order valence-electron chi connectivity index (χ0n) is 39.5. The third-order valence-corrected chi connectivity index (χ3v) is 11.3. The molecule has 0 N–H and O–H groups in total. The fourth-order valence-corrected chi connectivity index (χ4v) is 8.67. The van der Waals surface area contributed by atoms with E-state index in [1.54, 1.807) is 22.8 Å². The van der Waals surface area contributed by atoms with Crippen LogP contribution in [0.1, 0.15) is 11.0 Å². The van der Waals surface area contributed by atoms with E-state index in [2.05, 4.69) is 0 Å². The minimum Gasteiger partial charge on any atom is -0.455 e. The number of hydrogen-bond donors (Lipinski definition) is 0. The third kappa shape index (κ3) is 5.36. The lowest BCUT2D eigenvalue weighted by molar-refractivity contribution is 0.672. The van der Waals surface area contributed by atoms with Crippen LogP contribution in [0.25, 0.3) is 93.2 Å². The molecular formula is C56H36N2O. The molecule has 0 atom stereocenters. The van der Waals surface area contributed by atoms with Crippen molar-refractivity contribution in [3.63, 3.8) is 0 Å². The summed E-state index contributed by atoms with van der Waals surface area (Å²) in [6.45, 7) is 0. The van der Waals surface area contributed by atoms with E-state index >= 15 is 0 Å². The van der Waals surface area contributed by atoms with E-state index in [9.17, 15) is 11.0 Å². The van der Waals surface area contributed by atoms with E-state index in [0.29, 0.717) is 44.2 Å². The number of anilines is 3. The quantitative estimate of drug-likeness (QED) is 0.168. The van der Waals surface area contributed by atoms with Crippen LogP contribution in [0.2, 0.25) is 0 Å². The van der Waals surface area contributed by atoms with Gasteiger partial charge in [-0.15, -0.1) is 0 Å². The van der Waals surface area contributed by atoms with Crippen LogP contribution in [0.4, 0.5) is 17.1 Å². The Morgan fingerprint density at radius 2 is 1.10 bits per heavy atom. The van der Waals surface area contributed by atoms with Crippen molar-refractivity contribution in [2.24, 2.45) is 0 Å². The predicted molar refractivity (Wildman–Crippen MR) is 249 cm³/mol. The molecule has 12 aromatic rings. The minimum atomic E-state index is -0.488.